The molecule has 20 heavy (non-hydrogen) atoms. The molecule has 106 valence electrons. The van der Waals surface area contributed by atoms with Gasteiger partial charge in [0.2, 0.25) is 10.0 Å². The van der Waals surface area contributed by atoms with Crippen LogP contribution in [0.3, 0.4) is 0 Å². The maximum Gasteiger partial charge on any atom is 0.240 e. The van der Waals surface area contributed by atoms with Gasteiger partial charge in [-0.25, -0.2) is 13.6 Å². The molecule has 0 unspecified atom stereocenters. The fourth-order valence-corrected chi connectivity index (χ4v) is 2.53. The van der Waals surface area contributed by atoms with Crippen LogP contribution < -0.4 is 15.8 Å². The van der Waals surface area contributed by atoms with Crippen molar-refractivity contribution >= 4 is 21.4 Å². The first-order valence-electron chi connectivity index (χ1n) is 5.90. The van der Waals surface area contributed by atoms with Crippen LogP contribution in [0.5, 0.6) is 0 Å². The van der Waals surface area contributed by atoms with E-state index in [0.29, 0.717) is 6.54 Å². The van der Waals surface area contributed by atoms with E-state index in [-0.39, 0.29) is 10.6 Å². The van der Waals surface area contributed by atoms with E-state index in [1.807, 2.05) is 24.1 Å². The Bertz CT molecular complexity index is 702. The lowest BCUT2D eigenvalue weighted by Crippen LogP contribution is -2.18. The predicted octanol–water partition coefficient (Wildman–Crippen LogP) is 0.948. The monoisotopic (exact) mass is 292 g/mol. The van der Waals surface area contributed by atoms with Crippen molar-refractivity contribution in [3.8, 4) is 0 Å². The summed E-state index contributed by atoms with van der Waals surface area (Å²) < 4.78 is 22.6. The Morgan fingerprint density at radius 2 is 1.85 bits per heavy atom. The number of pyridine rings is 1. The zero-order chi connectivity index (χ0) is 14.8. The number of sulfonamides is 1. The Balaban J connectivity index is 2.24. The van der Waals surface area contributed by atoms with E-state index in [0.717, 1.165) is 11.3 Å². The Hall–Kier alpha value is -2.12. The molecular formula is C13H16N4O2S. The van der Waals surface area contributed by atoms with Crippen LogP contribution in [0.2, 0.25) is 0 Å². The number of nitrogens with two attached hydrogens (primary N) is 2. The average Bonchev–Trinajstić information content (AvgIpc) is 2.38. The highest BCUT2D eigenvalue weighted by Gasteiger charge is 2.13. The molecule has 0 aliphatic rings. The number of primary sulfonamides is 1. The number of hydrogen-bond donors (Lipinski definition) is 2. The lowest BCUT2D eigenvalue weighted by Gasteiger charge is -2.20. The molecule has 0 spiro atoms. The van der Waals surface area contributed by atoms with Gasteiger partial charge in [-0.3, -0.25) is 4.98 Å². The van der Waals surface area contributed by atoms with Crippen molar-refractivity contribution in [2.45, 2.75) is 11.4 Å². The van der Waals surface area contributed by atoms with E-state index in [9.17, 15) is 8.42 Å². The molecular weight excluding hydrogens is 276 g/mol. The lowest BCUT2D eigenvalue weighted by molar-refractivity contribution is 0.598. The molecule has 0 saturated carbocycles. The minimum atomic E-state index is -3.79. The summed E-state index contributed by atoms with van der Waals surface area (Å²) in [5.74, 6) is 0. The molecule has 2 aromatic rings. The van der Waals surface area contributed by atoms with Crippen molar-refractivity contribution in [1.82, 2.24) is 4.98 Å². The molecule has 0 aliphatic carbocycles. The van der Waals surface area contributed by atoms with Crippen LogP contribution in [-0.2, 0) is 16.6 Å². The summed E-state index contributed by atoms with van der Waals surface area (Å²) in [6.45, 7) is 0.663. The van der Waals surface area contributed by atoms with Crippen molar-refractivity contribution in [2.24, 2.45) is 5.14 Å². The molecule has 1 heterocycles. The van der Waals surface area contributed by atoms with Crippen LogP contribution >= 0.6 is 0 Å². The zero-order valence-electron chi connectivity index (χ0n) is 11.0. The van der Waals surface area contributed by atoms with Gasteiger partial charge in [-0.1, -0.05) is 0 Å². The highest BCUT2D eigenvalue weighted by molar-refractivity contribution is 7.89. The number of anilines is 2. The molecule has 4 N–H and O–H groups in total. The average molecular weight is 292 g/mol. The lowest BCUT2D eigenvalue weighted by atomic mass is 10.2. The molecule has 0 aliphatic heterocycles. The summed E-state index contributed by atoms with van der Waals surface area (Å²) in [5, 5.41) is 5.08. The van der Waals surface area contributed by atoms with Gasteiger partial charge in [-0.2, -0.15) is 0 Å². The minimum Gasteiger partial charge on any atom is -0.398 e. The number of nitrogens with zero attached hydrogens (tertiary/aromatic N) is 2. The first-order valence-corrected chi connectivity index (χ1v) is 7.45. The topological polar surface area (TPSA) is 102 Å². The third-order valence-corrected chi connectivity index (χ3v) is 3.89. The van der Waals surface area contributed by atoms with E-state index in [4.69, 9.17) is 10.9 Å². The fraction of sp³-hybridized carbons (Fsp3) is 0.154. The Morgan fingerprint density at radius 3 is 2.40 bits per heavy atom. The Kier molecular flexibility index (Phi) is 3.91. The number of nitrogen functional groups attached to an aromatic ring is 1. The quantitative estimate of drug-likeness (QED) is 0.817. The van der Waals surface area contributed by atoms with Gasteiger partial charge in [0, 0.05) is 31.7 Å². The molecule has 2 rings (SSSR count). The van der Waals surface area contributed by atoms with Gasteiger partial charge in [-0.15, -0.1) is 0 Å². The highest BCUT2D eigenvalue weighted by Crippen LogP contribution is 2.24. The van der Waals surface area contributed by atoms with E-state index < -0.39 is 10.0 Å². The molecule has 6 nitrogen and oxygen atoms in total. The molecule has 0 radical (unpaired) electrons. The van der Waals surface area contributed by atoms with Gasteiger partial charge < -0.3 is 10.6 Å². The first kappa shape index (κ1) is 14.3. The number of rotatable bonds is 4. The number of benzene rings is 1. The van der Waals surface area contributed by atoms with Crippen molar-refractivity contribution in [1.29, 1.82) is 0 Å². The van der Waals surface area contributed by atoms with Crippen molar-refractivity contribution in [2.75, 3.05) is 17.7 Å². The summed E-state index contributed by atoms with van der Waals surface area (Å²) in [4.78, 5) is 5.86. The third kappa shape index (κ3) is 3.25. The van der Waals surface area contributed by atoms with Crippen LogP contribution in [0.25, 0.3) is 0 Å². The second-order valence-electron chi connectivity index (χ2n) is 4.48. The van der Waals surface area contributed by atoms with E-state index >= 15 is 0 Å². The van der Waals surface area contributed by atoms with Crippen LogP contribution in [0.1, 0.15) is 5.56 Å². The number of aromatic nitrogens is 1. The Morgan fingerprint density at radius 1 is 1.20 bits per heavy atom. The van der Waals surface area contributed by atoms with Crippen molar-refractivity contribution < 1.29 is 8.42 Å². The number of hydrogen-bond acceptors (Lipinski definition) is 5. The van der Waals surface area contributed by atoms with Crippen molar-refractivity contribution in [3.05, 3.63) is 48.3 Å². The van der Waals surface area contributed by atoms with Gasteiger partial charge in [0.1, 0.15) is 4.90 Å². The highest BCUT2D eigenvalue weighted by atomic mass is 32.2. The van der Waals surface area contributed by atoms with Crippen molar-refractivity contribution in [3.63, 3.8) is 0 Å². The summed E-state index contributed by atoms with van der Waals surface area (Å²) in [6, 6.07) is 8.53. The standard InChI is InChI=1S/C13H16N4O2S/c1-17(9-10-4-6-16-7-5-10)11-2-3-13(12(14)8-11)20(15,18)19/h2-8H,9,14H2,1H3,(H2,15,18,19). The van der Waals surface area contributed by atoms with Gasteiger partial charge >= 0.3 is 0 Å². The fourth-order valence-electron chi connectivity index (χ4n) is 1.89. The summed E-state index contributed by atoms with van der Waals surface area (Å²) in [7, 11) is -1.89. The van der Waals surface area contributed by atoms with Crippen LogP contribution in [0.15, 0.2) is 47.6 Å². The van der Waals surface area contributed by atoms with Crippen LogP contribution in [-0.4, -0.2) is 20.4 Å². The van der Waals surface area contributed by atoms with Gasteiger partial charge in [-0.05, 0) is 35.9 Å². The summed E-state index contributed by atoms with van der Waals surface area (Å²) in [6.07, 6.45) is 3.45. The van der Waals surface area contributed by atoms with Crippen LogP contribution in [0.4, 0.5) is 11.4 Å². The zero-order valence-corrected chi connectivity index (χ0v) is 11.8. The normalized spacial score (nSPS) is 11.3. The molecule has 0 bridgehead atoms. The SMILES string of the molecule is CN(Cc1ccncc1)c1ccc(S(N)(=O)=O)c(N)c1. The van der Waals surface area contributed by atoms with E-state index in [1.54, 1.807) is 24.5 Å². The van der Waals surface area contributed by atoms with E-state index in [1.165, 1.54) is 6.07 Å². The maximum atomic E-state index is 11.3. The molecule has 0 saturated heterocycles. The smallest absolute Gasteiger partial charge is 0.240 e. The minimum absolute atomic E-state index is 0.0569. The molecule has 7 heteroatoms. The van der Waals surface area contributed by atoms with E-state index in [2.05, 4.69) is 4.98 Å². The van der Waals surface area contributed by atoms with Gasteiger partial charge in [0.05, 0.1) is 5.69 Å². The molecule has 0 fully saturated rings. The summed E-state index contributed by atoms with van der Waals surface area (Å²) >= 11 is 0. The second kappa shape index (κ2) is 5.48. The Labute approximate surface area is 118 Å². The van der Waals surface area contributed by atoms with Gasteiger partial charge in [0.25, 0.3) is 0 Å². The molecule has 1 aromatic carbocycles. The van der Waals surface area contributed by atoms with Gasteiger partial charge in [0.15, 0.2) is 0 Å². The van der Waals surface area contributed by atoms with Crippen LogP contribution in [0, 0.1) is 0 Å². The largest absolute Gasteiger partial charge is 0.398 e. The molecule has 1 aromatic heterocycles. The second-order valence-corrected chi connectivity index (χ2v) is 6.01. The predicted molar refractivity (Wildman–Crippen MR) is 78.6 cm³/mol. The summed E-state index contributed by atoms with van der Waals surface area (Å²) in [5.41, 5.74) is 7.79. The third-order valence-electron chi connectivity index (χ3n) is 2.91. The molecule has 0 atom stereocenters. The maximum absolute atomic E-state index is 11.3. The first-order chi connectivity index (χ1) is 9.38. The molecule has 0 amide bonds.